The lowest BCUT2D eigenvalue weighted by Gasteiger charge is -2.09. The average molecular weight is 241 g/mol. The van der Waals surface area contributed by atoms with Gasteiger partial charge in [0.15, 0.2) is 5.90 Å². The van der Waals surface area contributed by atoms with Crippen LogP contribution in [0.15, 0.2) is 0 Å². The third-order valence-electron chi connectivity index (χ3n) is 1.28. The van der Waals surface area contributed by atoms with Gasteiger partial charge in [0, 0.05) is 14.1 Å². The van der Waals surface area contributed by atoms with Gasteiger partial charge in [-0.25, -0.2) is 0 Å². The number of hydrogen-bond acceptors (Lipinski definition) is 4. The zero-order valence-electron chi connectivity index (χ0n) is 8.70. The first-order valence-electron chi connectivity index (χ1n) is 4.06. The van der Waals surface area contributed by atoms with Crippen molar-refractivity contribution in [2.45, 2.75) is 6.92 Å². The lowest BCUT2D eigenvalue weighted by molar-refractivity contribution is -0.125. The van der Waals surface area contributed by atoms with Crippen LogP contribution < -0.4 is 0 Å². The molecule has 1 N–H and O–H groups in total. The Bertz CT molecular complexity index is 188. The standard InChI is InChI=1S/C8H16N2O2S.ClH/c1-4-12-7(9)5-13-6-8(11)10(2)3;/h9H,4-6H2,1-3H3;1H. The number of thioether (sulfide) groups is 1. The first kappa shape index (κ1) is 16.0. The van der Waals surface area contributed by atoms with Crippen LogP contribution in [0, 0.1) is 5.41 Å². The molecule has 84 valence electrons. The Morgan fingerprint density at radius 2 is 2.00 bits per heavy atom. The number of carbonyl (C=O) groups excluding carboxylic acids is 1. The summed E-state index contributed by atoms with van der Waals surface area (Å²) >= 11 is 1.40. The Morgan fingerprint density at radius 3 is 2.43 bits per heavy atom. The molecule has 0 saturated heterocycles. The monoisotopic (exact) mass is 240 g/mol. The number of hydrogen-bond donors (Lipinski definition) is 1. The van der Waals surface area contributed by atoms with E-state index in [4.69, 9.17) is 10.1 Å². The highest BCUT2D eigenvalue weighted by molar-refractivity contribution is 8.00. The van der Waals surface area contributed by atoms with E-state index < -0.39 is 0 Å². The van der Waals surface area contributed by atoms with E-state index in [1.807, 2.05) is 6.92 Å². The maximum absolute atomic E-state index is 11.1. The third kappa shape index (κ3) is 8.19. The Balaban J connectivity index is 0. The summed E-state index contributed by atoms with van der Waals surface area (Å²) in [6.07, 6.45) is 0. The predicted molar refractivity (Wildman–Crippen MR) is 62.6 cm³/mol. The molecule has 0 rings (SSSR count). The van der Waals surface area contributed by atoms with E-state index in [-0.39, 0.29) is 24.2 Å². The summed E-state index contributed by atoms with van der Waals surface area (Å²) in [5, 5.41) is 7.27. The maximum atomic E-state index is 11.1. The molecule has 14 heavy (non-hydrogen) atoms. The fourth-order valence-electron chi connectivity index (χ4n) is 0.576. The van der Waals surface area contributed by atoms with Gasteiger partial charge in [-0.05, 0) is 6.92 Å². The molecule has 0 heterocycles. The highest BCUT2D eigenvalue weighted by Gasteiger charge is 2.04. The minimum atomic E-state index is 0. The second-order valence-electron chi connectivity index (χ2n) is 2.64. The second-order valence-corrected chi connectivity index (χ2v) is 3.62. The first-order valence-corrected chi connectivity index (χ1v) is 5.21. The number of carbonyl (C=O) groups is 1. The number of rotatable bonds is 5. The van der Waals surface area contributed by atoms with Gasteiger partial charge in [-0.3, -0.25) is 10.2 Å². The molecular weight excluding hydrogens is 224 g/mol. The summed E-state index contributed by atoms with van der Waals surface area (Å²) in [6.45, 7) is 2.35. The quantitative estimate of drug-likeness (QED) is 0.581. The van der Waals surface area contributed by atoms with Crippen molar-refractivity contribution in [2.75, 3.05) is 32.2 Å². The molecule has 0 aromatic carbocycles. The van der Waals surface area contributed by atoms with Crippen LogP contribution >= 0.6 is 24.2 Å². The van der Waals surface area contributed by atoms with E-state index in [0.29, 0.717) is 18.1 Å². The molecule has 1 amide bonds. The normalized spacial score (nSPS) is 8.79. The van der Waals surface area contributed by atoms with Crippen LogP contribution in [0.25, 0.3) is 0 Å². The summed E-state index contributed by atoms with van der Waals surface area (Å²) in [5.74, 6) is 1.17. The Morgan fingerprint density at radius 1 is 1.43 bits per heavy atom. The molecule has 0 aliphatic heterocycles. The Labute approximate surface area is 95.3 Å². The largest absolute Gasteiger partial charge is 0.481 e. The zero-order valence-corrected chi connectivity index (χ0v) is 10.3. The van der Waals surface area contributed by atoms with Crippen molar-refractivity contribution in [1.82, 2.24) is 4.90 Å². The summed E-state index contributed by atoms with van der Waals surface area (Å²) < 4.78 is 4.92. The van der Waals surface area contributed by atoms with Gasteiger partial charge in [-0.2, -0.15) is 0 Å². The molecule has 4 nitrogen and oxygen atoms in total. The molecule has 0 spiro atoms. The number of ether oxygens (including phenoxy) is 1. The van der Waals surface area contributed by atoms with Gasteiger partial charge in [0.05, 0.1) is 18.1 Å². The lowest BCUT2D eigenvalue weighted by Crippen LogP contribution is -2.24. The summed E-state index contributed by atoms with van der Waals surface area (Å²) in [5.41, 5.74) is 0. The smallest absolute Gasteiger partial charge is 0.232 e. The lowest BCUT2D eigenvalue weighted by atomic mass is 10.6. The molecule has 0 atom stereocenters. The van der Waals surface area contributed by atoms with Crippen molar-refractivity contribution >= 4 is 36.0 Å². The average Bonchev–Trinajstić information content (AvgIpc) is 2.04. The van der Waals surface area contributed by atoms with Crippen LogP contribution in [0.4, 0.5) is 0 Å². The fraction of sp³-hybridized carbons (Fsp3) is 0.750. The summed E-state index contributed by atoms with van der Waals surface area (Å²) in [4.78, 5) is 12.6. The van der Waals surface area contributed by atoms with Gasteiger partial charge in [-0.1, -0.05) is 0 Å². The minimum Gasteiger partial charge on any atom is -0.481 e. The van der Waals surface area contributed by atoms with Crippen molar-refractivity contribution in [2.24, 2.45) is 0 Å². The molecule has 0 radical (unpaired) electrons. The van der Waals surface area contributed by atoms with Crippen LogP contribution in [0.1, 0.15) is 6.92 Å². The fourth-order valence-corrected chi connectivity index (χ4v) is 1.38. The zero-order chi connectivity index (χ0) is 10.3. The molecular formula is C8H17ClN2O2S. The van der Waals surface area contributed by atoms with Crippen molar-refractivity contribution in [3.63, 3.8) is 0 Å². The summed E-state index contributed by atoms with van der Waals surface area (Å²) in [6, 6.07) is 0. The van der Waals surface area contributed by atoms with Crippen LogP contribution in [-0.2, 0) is 9.53 Å². The van der Waals surface area contributed by atoms with Gasteiger partial charge in [0.25, 0.3) is 0 Å². The molecule has 0 aliphatic rings. The van der Waals surface area contributed by atoms with Crippen LogP contribution in [0.3, 0.4) is 0 Å². The maximum Gasteiger partial charge on any atom is 0.232 e. The van der Waals surface area contributed by atoms with Crippen molar-refractivity contribution in [3.05, 3.63) is 0 Å². The SMILES string of the molecule is CCOC(=N)CSCC(=O)N(C)C.Cl. The molecule has 0 saturated carbocycles. The third-order valence-corrected chi connectivity index (χ3v) is 2.19. The molecule has 0 fully saturated rings. The van der Waals surface area contributed by atoms with E-state index in [0.717, 1.165) is 0 Å². The molecule has 0 unspecified atom stereocenters. The molecule has 0 aromatic heterocycles. The van der Waals surface area contributed by atoms with Gasteiger partial charge in [0.1, 0.15) is 0 Å². The van der Waals surface area contributed by atoms with Gasteiger partial charge >= 0.3 is 0 Å². The number of nitrogens with zero attached hydrogens (tertiary/aromatic N) is 1. The molecule has 0 aromatic rings. The van der Waals surface area contributed by atoms with Crippen LogP contribution in [0.2, 0.25) is 0 Å². The van der Waals surface area contributed by atoms with Gasteiger partial charge < -0.3 is 9.64 Å². The van der Waals surface area contributed by atoms with E-state index in [1.165, 1.54) is 16.7 Å². The van der Waals surface area contributed by atoms with Gasteiger partial charge in [0.2, 0.25) is 5.91 Å². The van der Waals surface area contributed by atoms with Crippen LogP contribution in [-0.4, -0.2) is 48.9 Å². The molecule has 0 aliphatic carbocycles. The van der Waals surface area contributed by atoms with E-state index in [9.17, 15) is 4.79 Å². The highest BCUT2D eigenvalue weighted by atomic mass is 35.5. The predicted octanol–water partition coefficient (Wildman–Crippen LogP) is 1.24. The molecule has 0 bridgehead atoms. The van der Waals surface area contributed by atoms with Crippen molar-refractivity contribution < 1.29 is 9.53 Å². The number of amides is 1. The first-order chi connectivity index (χ1) is 6.07. The van der Waals surface area contributed by atoms with E-state index >= 15 is 0 Å². The highest BCUT2D eigenvalue weighted by Crippen LogP contribution is 2.01. The molecule has 6 heteroatoms. The van der Waals surface area contributed by atoms with Crippen LogP contribution in [0.5, 0.6) is 0 Å². The van der Waals surface area contributed by atoms with E-state index in [2.05, 4.69) is 0 Å². The van der Waals surface area contributed by atoms with Crippen molar-refractivity contribution in [3.8, 4) is 0 Å². The number of nitrogens with one attached hydrogen (secondary N) is 1. The van der Waals surface area contributed by atoms with Gasteiger partial charge in [-0.15, -0.1) is 24.2 Å². The Hall–Kier alpha value is -0.420. The Kier molecular flexibility index (Phi) is 10.5. The number of halogens is 1. The van der Waals surface area contributed by atoms with Crippen molar-refractivity contribution in [1.29, 1.82) is 5.41 Å². The van der Waals surface area contributed by atoms with E-state index in [1.54, 1.807) is 14.1 Å². The topological polar surface area (TPSA) is 53.4 Å². The summed E-state index contributed by atoms with van der Waals surface area (Å²) in [7, 11) is 3.44. The second kappa shape index (κ2) is 9.15. The minimum absolute atomic E-state index is 0.